The van der Waals surface area contributed by atoms with E-state index in [9.17, 15) is 39.6 Å². The Bertz CT molecular complexity index is 1610. The van der Waals surface area contributed by atoms with Gasteiger partial charge >= 0.3 is 0 Å². The van der Waals surface area contributed by atoms with Crippen LogP contribution < -0.4 is 16.0 Å². The van der Waals surface area contributed by atoms with E-state index >= 15 is 0 Å². The Labute approximate surface area is 241 Å². The third-order valence-corrected chi connectivity index (χ3v) is 8.46. The number of aliphatic hydroxyl groups excluding tert-OH is 2. The number of benzene rings is 2. The number of hydrogen-bond donors (Lipinski definition) is 6. The van der Waals surface area contributed by atoms with E-state index in [-0.39, 0.29) is 29.5 Å². The summed E-state index contributed by atoms with van der Waals surface area (Å²) in [5, 5.41) is 48.4. The molecule has 7 N–H and O–H groups in total. The molecule has 42 heavy (non-hydrogen) atoms. The van der Waals surface area contributed by atoms with E-state index in [1.807, 2.05) is 0 Å². The van der Waals surface area contributed by atoms with E-state index in [1.54, 1.807) is 49.3 Å². The number of nitrogens with two attached hydrogens (primary N) is 1. The van der Waals surface area contributed by atoms with Crippen molar-refractivity contribution in [3.8, 4) is 5.75 Å². The van der Waals surface area contributed by atoms with Gasteiger partial charge in [-0.2, -0.15) is 0 Å². The Morgan fingerprint density at radius 1 is 1.05 bits per heavy atom. The zero-order valence-corrected chi connectivity index (χ0v) is 23.5. The standard InChI is InChI=1S/C30H32N4O8/c1-33(2)18-12-16(29(41)32-14-8-6-5-7-9-14)23(35)20-15(18)10-13-11-17-22(34(3)4)25(37)21(28(31)40)27(39)30(17,42)26(38)19(13)24(20)36/h5-9,12-13,17,22,35-36,39,42H,10-11H2,1-4H3,(H2,31,40)(H,32,41)/t13-,17-,22-,30-/m0/s1. The first-order valence-electron chi connectivity index (χ1n) is 13.3. The highest BCUT2D eigenvalue weighted by Crippen LogP contribution is 2.54. The number of anilines is 2. The summed E-state index contributed by atoms with van der Waals surface area (Å²) in [4.78, 5) is 55.9. The van der Waals surface area contributed by atoms with Crippen molar-refractivity contribution < 1.29 is 39.6 Å². The first-order valence-corrected chi connectivity index (χ1v) is 13.3. The van der Waals surface area contributed by atoms with E-state index in [4.69, 9.17) is 5.73 Å². The number of aromatic hydroxyl groups is 1. The molecule has 2 amide bonds. The number of phenolic OH excluding ortho intramolecular Hbond substituents is 1. The molecule has 0 saturated heterocycles. The number of nitrogens with zero attached hydrogens (tertiary/aromatic N) is 2. The van der Waals surface area contributed by atoms with Crippen LogP contribution >= 0.6 is 0 Å². The monoisotopic (exact) mass is 576 g/mol. The van der Waals surface area contributed by atoms with Crippen LogP contribution in [0.1, 0.15) is 27.9 Å². The topological polar surface area (TPSA) is 194 Å². The molecule has 0 aromatic heterocycles. The summed E-state index contributed by atoms with van der Waals surface area (Å²) in [6.07, 6.45) is 0.0752. The van der Waals surface area contributed by atoms with Crippen molar-refractivity contribution in [2.75, 3.05) is 38.4 Å². The lowest BCUT2D eigenvalue weighted by molar-refractivity contribution is -0.153. The van der Waals surface area contributed by atoms with Gasteiger partial charge in [-0.1, -0.05) is 18.2 Å². The van der Waals surface area contributed by atoms with Gasteiger partial charge < -0.3 is 36.4 Å². The number of likely N-dealkylation sites (N-methyl/N-ethyl adjacent to an activating group) is 1. The van der Waals surface area contributed by atoms with Gasteiger partial charge in [-0.25, -0.2) is 0 Å². The maximum absolute atomic E-state index is 14.1. The second-order valence-corrected chi connectivity index (χ2v) is 11.3. The van der Waals surface area contributed by atoms with Gasteiger partial charge in [0.1, 0.15) is 22.8 Å². The van der Waals surface area contributed by atoms with Gasteiger partial charge in [0.2, 0.25) is 5.78 Å². The minimum Gasteiger partial charge on any atom is -0.508 e. The van der Waals surface area contributed by atoms with Crippen molar-refractivity contribution in [1.82, 2.24) is 4.90 Å². The van der Waals surface area contributed by atoms with Crippen molar-refractivity contribution in [3.63, 3.8) is 0 Å². The van der Waals surface area contributed by atoms with Crippen LogP contribution in [0.25, 0.3) is 5.76 Å². The van der Waals surface area contributed by atoms with Crippen LogP contribution in [0, 0.1) is 11.8 Å². The number of aliphatic hydroxyl groups is 3. The second kappa shape index (κ2) is 10.00. The highest BCUT2D eigenvalue weighted by atomic mass is 16.3. The number of rotatable bonds is 5. The summed E-state index contributed by atoms with van der Waals surface area (Å²) in [6, 6.07) is 8.88. The van der Waals surface area contributed by atoms with Gasteiger partial charge in [0.15, 0.2) is 11.4 Å². The lowest BCUT2D eigenvalue weighted by atomic mass is 9.57. The fraction of sp³-hybridized carbons (Fsp3) is 0.333. The average Bonchev–Trinajstić information content (AvgIpc) is 2.90. The van der Waals surface area contributed by atoms with E-state index in [0.717, 1.165) is 0 Å². The summed E-state index contributed by atoms with van der Waals surface area (Å²) >= 11 is 0. The van der Waals surface area contributed by atoms with Crippen molar-refractivity contribution in [2.45, 2.75) is 24.5 Å². The number of hydrogen-bond acceptors (Lipinski definition) is 10. The molecule has 0 unspecified atom stereocenters. The molecule has 2 aromatic rings. The van der Waals surface area contributed by atoms with Gasteiger partial charge in [0.25, 0.3) is 11.8 Å². The lowest BCUT2D eigenvalue weighted by Crippen LogP contribution is -2.65. The molecule has 0 heterocycles. The fourth-order valence-corrected chi connectivity index (χ4v) is 6.58. The second-order valence-electron chi connectivity index (χ2n) is 11.3. The van der Waals surface area contributed by atoms with Crippen molar-refractivity contribution in [3.05, 3.63) is 70.0 Å². The average molecular weight is 577 g/mol. The van der Waals surface area contributed by atoms with Crippen molar-refractivity contribution in [1.29, 1.82) is 0 Å². The molecule has 3 aliphatic rings. The Hall–Kier alpha value is -4.68. The van der Waals surface area contributed by atoms with Gasteiger partial charge in [-0.3, -0.25) is 24.1 Å². The number of primary amides is 1. The molecule has 12 nitrogen and oxygen atoms in total. The highest BCUT2D eigenvalue weighted by Gasteiger charge is 2.64. The number of carbonyl (C=O) groups is 4. The third-order valence-electron chi connectivity index (χ3n) is 8.46. The zero-order valence-electron chi connectivity index (χ0n) is 23.5. The Kier molecular flexibility index (Phi) is 6.86. The number of amides is 2. The summed E-state index contributed by atoms with van der Waals surface area (Å²) in [6.45, 7) is 0. The molecule has 0 radical (unpaired) electrons. The van der Waals surface area contributed by atoms with E-state index < -0.39 is 69.7 Å². The van der Waals surface area contributed by atoms with E-state index in [2.05, 4.69) is 5.32 Å². The first-order chi connectivity index (χ1) is 19.7. The smallest absolute Gasteiger partial charge is 0.259 e. The minimum atomic E-state index is -2.74. The fourth-order valence-electron chi connectivity index (χ4n) is 6.58. The quantitative estimate of drug-likeness (QED) is 0.282. The number of nitrogens with one attached hydrogen (secondary N) is 1. The Morgan fingerprint density at radius 3 is 2.26 bits per heavy atom. The summed E-state index contributed by atoms with van der Waals surface area (Å²) in [7, 11) is 6.53. The molecule has 5 rings (SSSR count). The number of para-hydroxylation sites is 1. The predicted octanol–water partition coefficient (Wildman–Crippen LogP) is 1.28. The predicted molar refractivity (Wildman–Crippen MR) is 153 cm³/mol. The van der Waals surface area contributed by atoms with Gasteiger partial charge in [0, 0.05) is 37.0 Å². The maximum atomic E-state index is 14.1. The molecular formula is C30H32N4O8. The zero-order chi connectivity index (χ0) is 30.8. The van der Waals surface area contributed by atoms with Crippen molar-refractivity contribution >= 4 is 40.5 Å². The van der Waals surface area contributed by atoms with E-state index in [0.29, 0.717) is 16.9 Å². The molecule has 0 bridgehead atoms. The molecule has 1 fully saturated rings. The molecule has 3 aliphatic carbocycles. The Balaban J connectivity index is 1.71. The molecular weight excluding hydrogens is 544 g/mol. The van der Waals surface area contributed by atoms with Gasteiger partial charge in [0.05, 0.1) is 17.2 Å². The van der Waals surface area contributed by atoms with Crippen LogP contribution in [0.15, 0.2) is 53.3 Å². The molecule has 2 aromatic carbocycles. The van der Waals surface area contributed by atoms with Crippen LogP contribution in [-0.4, -0.2) is 88.5 Å². The molecule has 0 aliphatic heterocycles. The molecule has 220 valence electrons. The Morgan fingerprint density at radius 2 is 1.69 bits per heavy atom. The van der Waals surface area contributed by atoms with Crippen LogP contribution in [0.2, 0.25) is 0 Å². The third kappa shape index (κ3) is 4.05. The van der Waals surface area contributed by atoms with Crippen LogP contribution in [0.4, 0.5) is 11.4 Å². The minimum absolute atomic E-state index is 0.0321. The maximum Gasteiger partial charge on any atom is 0.259 e. The van der Waals surface area contributed by atoms with Gasteiger partial charge in [-0.05, 0) is 56.6 Å². The molecule has 1 saturated carbocycles. The number of carbonyl (C=O) groups excluding carboxylic acids is 4. The van der Waals surface area contributed by atoms with Crippen LogP contribution in [-0.2, 0) is 20.8 Å². The first kappa shape index (κ1) is 28.8. The van der Waals surface area contributed by atoms with Crippen molar-refractivity contribution in [2.24, 2.45) is 17.6 Å². The number of fused-ring (bicyclic) bond motifs is 3. The summed E-state index contributed by atoms with van der Waals surface area (Å²) in [5.74, 6) is -8.20. The van der Waals surface area contributed by atoms with Crippen LogP contribution in [0.5, 0.6) is 5.75 Å². The van der Waals surface area contributed by atoms with Crippen LogP contribution in [0.3, 0.4) is 0 Å². The normalized spacial score (nSPS) is 25.1. The number of ketones is 2. The number of Topliss-reactive ketones (excluding diaryl/α,β-unsaturated/α-hetero) is 2. The highest BCUT2D eigenvalue weighted by molar-refractivity contribution is 6.24. The summed E-state index contributed by atoms with van der Waals surface area (Å²) < 4.78 is 0. The lowest BCUT2D eigenvalue weighted by Gasteiger charge is -2.50. The molecule has 12 heteroatoms. The number of phenols is 1. The molecule has 0 spiro atoms. The largest absolute Gasteiger partial charge is 0.508 e. The van der Waals surface area contributed by atoms with E-state index in [1.165, 1.54) is 25.1 Å². The molecule has 4 atom stereocenters. The SMILES string of the molecule is CN(C)c1cc(C(=O)Nc2ccccc2)c(O)c2c1C[C@H]1C[C@H]3[C@H](N(C)C)C(=O)C(C(N)=O)=C(O)[C@@]3(O)C(=O)C1=C2O. The van der Waals surface area contributed by atoms with Gasteiger partial charge in [-0.15, -0.1) is 0 Å². The summed E-state index contributed by atoms with van der Waals surface area (Å²) in [5.41, 5.74) is 2.57.